The van der Waals surface area contributed by atoms with Crippen molar-refractivity contribution in [1.82, 2.24) is 0 Å². The van der Waals surface area contributed by atoms with Crippen molar-refractivity contribution >= 4 is 17.6 Å². The Morgan fingerprint density at radius 1 is 1.53 bits per heavy atom. The number of hydrogen-bond donors (Lipinski definition) is 1. The highest BCUT2D eigenvalue weighted by Crippen LogP contribution is 2.23. The van der Waals surface area contributed by atoms with Crippen LogP contribution in [0.3, 0.4) is 0 Å². The summed E-state index contributed by atoms with van der Waals surface area (Å²) in [6.45, 7) is 2.04. The van der Waals surface area contributed by atoms with Gasteiger partial charge in [-0.25, -0.2) is 4.79 Å². The van der Waals surface area contributed by atoms with Crippen LogP contribution in [0.15, 0.2) is 18.2 Å². The number of anilines is 1. The predicted octanol–water partition coefficient (Wildman–Crippen LogP) is 1.10. The van der Waals surface area contributed by atoms with E-state index in [9.17, 15) is 9.59 Å². The number of esters is 1. The second kappa shape index (κ2) is 4.71. The van der Waals surface area contributed by atoms with Gasteiger partial charge in [-0.2, -0.15) is 0 Å². The lowest BCUT2D eigenvalue weighted by atomic mass is 10.1. The Hall–Kier alpha value is -2.28. The summed E-state index contributed by atoms with van der Waals surface area (Å²) >= 11 is 0. The minimum absolute atomic E-state index is 0.0181. The Morgan fingerprint density at radius 3 is 3.12 bits per heavy atom. The maximum atomic E-state index is 11.1. The molecule has 1 N–H and O–H groups in total. The maximum Gasteiger partial charge on any atom is 0.384 e. The second-order valence-corrected chi connectivity index (χ2v) is 3.57. The minimum atomic E-state index is -0.540. The Morgan fingerprint density at radius 2 is 2.35 bits per heavy atom. The molecule has 2 rings (SSSR count). The fourth-order valence-electron chi connectivity index (χ4n) is 1.60. The van der Waals surface area contributed by atoms with Crippen LogP contribution in [-0.2, 0) is 20.7 Å². The molecule has 86 valence electrons. The van der Waals surface area contributed by atoms with E-state index in [0.29, 0.717) is 18.6 Å². The van der Waals surface area contributed by atoms with Crippen molar-refractivity contribution in [2.45, 2.75) is 13.3 Å². The zero-order valence-electron chi connectivity index (χ0n) is 9.37. The smallest absolute Gasteiger partial charge is 0.384 e. The van der Waals surface area contributed by atoms with E-state index in [2.05, 4.69) is 17.2 Å². The number of hydrogen-bond acceptors (Lipinski definition) is 3. The molecular weight excluding hydrogens is 218 g/mol. The van der Waals surface area contributed by atoms with Crippen molar-refractivity contribution in [3.05, 3.63) is 29.3 Å². The van der Waals surface area contributed by atoms with E-state index in [1.165, 1.54) is 0 Å². The highest BCUT2D eigenvalue weighted by atomic mass is 16.5. The maximum absolute atomic E-state index is 11.1. The molecule has 0 saturated heterocycles. The highest BCUT2D eigenvalue weighted by Gasteiger charge is 2.16. The van der Waals surface area contributed by atoms with E-state index in [1.54, 1.807) is 25.1 Å². The van der Waals surface area contributed by atoms with Crippen molar-refractivity contribution in [3.8, 4) is 11.8 Å². The molecule has 0 radical (unpaired) electrons. The van der Waals surface area contributed by atoms with Gasteiger partial charge in [0, 0.05) is 17.2 Å². The summed E-state index contributed by atoms with van der Waals surface area (Å²) in [5.41, 5.74) is 2.43. The van der Waals surface area contributed by atoms with Crippen LogP contribution >= 0.6 is 0 Å². The summed E-state index contributed by atoms with van der Waals surface area (Å²) in [6, 6.07) is 5.35. The zero-order valence-corrected chi connectivity index (χ0v) is 9.37. The molecule has 1 aliphatic heterocycles. The number of nitrogens with one attached hydrogen (secondary N) is 1. The zero-order chi connectivity index (χ0) is 12.3. The highest BCUT2D eigenvalue weighted by molar-refractivity contribution is 5.99. The summed E-state index contributed by atoms with van der Waals surface area (Å²) < 4.78 is 4.69. The molecule has 0 aliphatic carbocycles. The molecule has 1 heterocycles. The van der Waals surface area contributed by atoms with Crippen molar-refractivity contribution in [3.63, 3.8) is 0 Å². The van der Waals surface area contributed by atoms with Crippen LogP contribution < -0.4 is 5.32 Å². The molecule has 0 saturated carbocycles. The normalized spacial score (nSPS) is 12.2. The Labute approximate surface area is 99.0 Å². The molecule has 0 unspecified atom stereocenters. The van der Waals surface area contributed by atoms with Crippen LogP contribution in [0.4, 0.5) is 5.69 Å². The van der Waals surface area contributed by atoms with E-state index < -0.39 is 5.97 Å². The van der Waals surface area contributed by atoms with Crippen molar-refractivity contribution in [1.29, 1.82) is 0 Å². The number of rotatable bonds is 1. The van der Waals surface area contributed by atoms with Gasteiger partial charge in [0.15, 0.2) is 0 Å². The largest absolute Gasteiger partial charge is 0.456 e. The van der Waals surface area contributed by atoms with Gasteiger partial charge >= 0.3 is 5.97 Å². The van der Waals surface area contributed by atoms with Crippen LogP contribution in [0.25, 0.3) is 0 Å². The molecule has 1 amide bonds. The summed E-state index contributed by atoms with van der Waals surface area (Å²) in [7, 11) is 0. The number of benzene rings is 1. The fraction of sp³-hybridized carbons (Fsp3) is 0.231. The van der Waals surface area contributed by atoms with Crippen LogP contribution in [0.2, 0.25) is 0 Å². The molecule has 0 aromatic heterocycles. The predicted molar refractivity (Wildman–Crippen MR) is 62.3 cm³/mol. The summed E-state index contributed by atoms with van der Waals surface area (Å²) in [5, 5.41) is 2.73. The Balaban J connectivity index is 2.16. The summed E-state index contributed by atoms with van der Waals surface area (Å²) in [4.78, 5) is 22.2. The summed E-state index contributed by atoms with van der Waals surface area (Å²) in [6.07, 6.45) is 0.365. The Kier molecular flexibility index (Phi) is 3.10. The van der Waals surface area contributed by atoms with E-state index in [0.717, 1.165) is 11.3 Å². The third-order valence-corrected chi connectivity index (χ3v) is 2.31. The molecule has 0 bridgehead atoms. The van der Waals surface area contributed by atoms with Crippen LogP contribution in [0.1, 0.15) is 18.1 Å². The number of carbonyl (C=O) groups is 2. The molecule has 0 spiro atoms. The average Bonchev–Trinajstić information content (AvgIpc) is 2.66. The fourth-order valence-corrected chi connectivity index (χ4v) is 1.60. The third-order valence-electron chi connectivity index (χ3n) is 2.31. The lowest BCUT2D eigenvalue weighted by Gasteiger charge is -1.97. The quantitative estimate of drug-likeness (QED) is 0.579. The van der Waals surface area contributed by atoms with E-state index >= 15 is 0 Å². The van der Waals surface area contributed by atoms with Crippen molar-refractivity contribution in [2.24, 2.45) is 0 Å². The first-order chi connectivity index (χ1) is 8.19. The molecule has 0 fully saturated rings. The van der Waals surface area contributed by atoms with Gasteiger partial charge in [0.25, 0.3) is 0 Å². The number of carbonyl (C=O) groups excluding carboxylic acids is 2. The number of amides is 1. The van der Waals surface area contributed by atoms with Gasteiger partial charge in [0.1, 0.15) is 0 Å². The van der Waals surface area contributed by atoms with Crippen LogP contribution in [0, 0.1) is 11.8 Å². The standard InChI is InChI=1S/C13H11NO3/c1-2-17-13(16)6-4-9-3-5-11-10(7-9)8-12(15)14-11/h3,5,7H,2,8H2,1H3,(H,14,15). The van der Waals surface area contributed by atoms with Gasteiger partial charge in [-0.15, -0.1) is 0 Å². The first-order valence-electron chi connectivity index (χ1n) is 5.30. The molecule has 4 heteroatoms. The lowest BCUT2D eigenvalue weighted by molar-refractivity contribution is -0.136. The van der Waals surface area contributed by atoms with E-state index in [-0.39, 0.29) is 5.91 Å². The first kappa shape index (κ1) is 11.2. The molecule has 1 aromatic carbocycles. The van der Waals surface area contributed by atoms with Gasteiger partial charge in [-0.3, -0.25) is 4.79 Å². The Bertz CT molecular complexity index is 537. The van der Waals surface area contributed by atoms with Gasteiger partial charge in [-0.05, 0) is 30.7 Å². The van der Waals surface area contributed by atoms with E-state index in [1.807, 2.05) is 0 Å². The molecule has 4 nitrogen and oxygen atoms in total. The second-order valence-electron chi connectivity index (χ2n) is 3.57. The lowest BCUT2D eigenvalue weighted by Crippen LogP contribution is -2.03. The molecule has 1 aliphatic rings. The monoisotopic (exact) mass is 229 g/mol. The molecular formula is C13H11NO3. The van der Waals surface area contributed by atoms with Gasteiger partial charge in [0.05, 0.1) is 13.0 Å². The molecule has 1 aromatic rings. The van der Waals surface area contributed by atoms with Crippen molar-refractivity contribution < 1.29 is 14.3 Å². The van der Waals surface area contributed by atoms with Gasteiger partial charge in [0.2, 0.25) is 5.91 Å². The van der Waals surface area contributed by atoms with E-state index in [4.69, 9.17) is 4.74 Å². The third kappa shape index (κ3) is 2.64. The van der Waals surface area contributed by atoms with Crippen LogP contribution in [-0.4, -0.2) is 18.5 Å². The van der Waals surface area contributed by atoms with Gasteiger partial charge in [-0.1, -0.05) is 5.92 Å². The number of fused-ring (bicyclic) bond motifs is 1. The molecule has 0 atom stereocenters. The SMILES string of the molecule is CCOC(=O)C#Cc1ccc2c(c1)CC(=O)N2. The first-order valence-corrected chi connectivity index (χ1v) is 5.30. The minimum Gasteiger partial charge on any atom is -0.456 e. The molecule has 17 heavy (non-hydrogen) atoms. The topological polar surface area (TPSA) is 55.4 Å². The average molecular weight is 229 g/mol. The summed E-state index contributed by atoms with van der Waals surface area (Å²) in [5.74, 6) is 4.54. The number of ether oxygens (including phenoxy) is 1. The van der Waals surface area contributed by atoms with Crippen molar-refractivity contribution in [2.75, 3.05) is 11.9 Å². The van der Waals surface area contributed by atoms with Crippen LogP contribution in [0.5, 0.6) is 0 Å². The van der Waals surface area contributed by atoms with Gasteiger partial charge < -0.3 is 10.1 Å².